The number of carbonyl (C=O) groups excluding carboxylic acids is 2. The van der Waals surface area contributed by atoms with E-state index in [0.29, 0.717) is 14.2 Å². The Bertz CT molecular complexity index is 1220. The molecule has 1 saturated carbocycles. The molecule has 2 unspecified atom stereocenters. The van der Waals surface area contributed by atoms with E-state index in [1.54, 1.807) is 18.2 Å². The van der Waals surface area contributed by atoms with Crippen molar-refractivity contribution in [3.63, 3.8) is 0 Å². The Balaban J connectivity index is 1.48. The number of hydrogen-bond acceptors (Lipinski definition) is 7. The molecular formula is C22H18N2O5S2. The lowest BCUT2D eigenvalue weighted by atomic mass is 9.98. The average Bonchev–Trinajstić information content (AvgIpc) is 3.16. The van der Waals surface area contributed by atoms with Crippen molar-refractivity contribution < 1.29 is 23.3 Å². The van der Waals surface area contributed by atoms with Crippen molar-refractivity contribution in [2.24, 2.45) is 5.92 Å². The Labute approximate surface area is 184 Å². The van der Waals surface area contributed by atoms with Crippen LogP contribution in [0.25, 0.3) is 0 Å². The van der Waals surface area contributed by atoms with Gasteiger partial charge in [0.1, 0.15) is 4.21 Å². The number of aromatic nitrogens is 1. The van der Waals surface area contributed by atoms with E-state index in [-0.39, 0.29) is 17.3 Å². The molecule has 158 valence electrons. The van der Waals surface area contributed by atoms with Crippen LogP contribution in [0.2, 0.25) is 0 Å². The van der Waals surface area contributed by atoms with Crippen LogP contribution in [-0.4, -0.2) is 32.0 Å². The molecule has 1 aliphatic heterocycles. The number of amides is 1. The molecule has 3 aromatic rings. The number of hydrogen-bond donors (Lipinski definition) is 1. The third-order valence-corrected chi connectivity index (χ3v) is 8.07. The predicted molar refractivity (Wildman–Crippen MR) is 115 cm³/mol. The van der Waals surface area contributed by atoms with Crippen molar-refractivity contribution in [3.05, 3.63) is 71.5 Å². The van der Waals surface area contributed by atoms with E-state index in [1.807, 2.05) is 19.1 Å². The van der Waals surface area contributed by atoms with Crippen molar-refractivity contribution in [2.45, 2.75) is 34.9 Å². The molecule has 5 rings (SSSR count). The summed E-state index contributed by atoms with van der Waals surface area (Å²) in [7, 11) is -1.44. The number of furan rings is 1. The molecule has 3 heterocycles. The second-order valence-electron chi connectivity index (χ2n) is 7.57. The summed E-state index contributed by atoms with van der Waals surface area (Å²) in [6.45, 7) is 1.95. The maximum atomic E-state index is 13.0. The molecule has 0 spiro atoms. The fourth-order valence-corrected chi connectivity index (χ4v) is 5.96. The molecule has 0 bridgehead atoms. The number of Topliss-reactive ketones (excluding diaryl/α,β-unsaturated/α-hetero) is 1. The molecule has 9 heteroatoms. The number of nitrogens with zero attached hydrogens (tertiary/aromatic N) is 2. The number of aryl methyl sites for hydroxylation is 1. The number of thiazole rings is 1. The van der Waals surface area contributed by atoms with Crippen LogP contribution >= 0.6 is 11.3 Å². The molecule has 2 aliphatic rings. The highest BCUT2D eigenvalue weighted by atomic mass is 32.2. The van der Waals surface area contributed by atoms with Gasteiger partial charge in [-0.1, -0.05) is 29.0 Å². The molecule has 1 aliphatic carbocycles. The Morgan fingerprint density at radius 1 is 1.26 bits per heavy atom. The SMILES string of the molecule is Cc1ccc(S(=O)c2cnc(N3C(=O)C(O)=C(C(=O)c4ccco4)C3C3CC3)s2)cc1. The molecule has 1 amide bonds. The summed E-state index contributed by atoms with van der Waals surface area (Å²) in [4.78, 5) is 32.2. The van der Waals surface area contributed by atoms with Crippen molar-refractivity contribution in [3.8, 4) is 0 Å². The van der Waals surface area contributed by atoms with Crippen LogP contribution in [0.1, 0.15) is 29.0 Å². The minimum absolute atomic E-state index is 0.0406. The molecular weight excluding hydrogens is 436 g/mol. The van der Waals surface area contributed by atoms with Gasteiger partial charge in [-0.15, -0.1) is 0 Å². The molecule has 1 fully saturated rings. The molecule has 1 aromatic carbocycles. The highest BCUT2D eigenvalue weighted by Gasteiger charge is 2.51. The van der Waals surface area contributed by atoms with Gasteiger partial charge >= 0.3 is 0 Å². The summed E-state index contributed by atoms with van der Waals surface area (Å²) in [5.41, 5.74) is 1.11. The molecule has 2 atom stereocenters. The highest BCUT2D eigenvalue weighted by Crippen LogP contribution is 2.46. The van der Waals surface area contributed by atoms with Gasteiger partial charge in [-0.2, -0.15) is 0 Å². The Hall–Kier alpha value is -3.04. The minimum atomic E-state index is -1.44. The van der Waals surface area contributed by atoms with Crippen LogP contribution in [0.4, 0.5) is 5.13 Å². The number of carbonyl (C=O) groups is 2. The summed E-state index contributed by atoms with van der Waals surface area (Å²) in [5, 5.41) is 10.9. The van der Waals surface area contributed by atoms with E-state index in [0.717, 1.165) is 29.7 Å². The Morgan fingerprint density at radius 2 is 2.00 bits per heavy atom. The van der Waals surface area contributed by atoms with Gasteiger partial charge in [0.05, 0.1) is 34.9 Å². The first-order valence-electron chi connectivity index (χ1n) is 9.75. The van der Waals surface area contributed by atoms with Crippen molar-refractivity contribution >= 4 is 39.0 Å². The number of rotatable bonds is 6. The smallest absolute Gasteiger partial charge is 0.296 e. The largest absolute Gasteiger partial charge is 0.503 e. The topological polar surface area (TPSA) is 101 Å². The first-order valence-corrected chi connectivity index (χ1v) is 11.7. The first kappa shape index (κ1) is 19.9. The lowest BCUT2D eigenvalue weighted by Gasteiger charge is -2.23. The van der Waals surface area contributed by atoms with Gasteiger partial charge < -0.3 is 9.52 Å². The summed E-state index contributed by atoms with van der Waals surface area (Å²) in [5.74, 6) is -1.63. The zero-order chi connectivity index (χ0) is 21.7. The van der Waals surface area contributed by atoms with Gasteiger partial charge in [-0.3, -0.25) is 14.5 Å². The number of benzene rings is 1. The van der Waals surface area contributed by atoms with E-state index >= 15 is 0 Å². The van der Waals surface area contributed by atoms with Crippen LogP contribution in [0.15, 0.2) is 73.7 Å². The van der Waals surface area contributed by atoms with Crippen LogP contribution in [0.5, 0.6) is 0 Å². The van der Waals surface area contributed by atoms with Gasteiger partial charge in [0.15, 0.2) is 16.7 Å². The van der Waals surface area contributed by atoms with Crippen molar-refractivity contribution in [1.29, 1.82) is 0 Å². The first-order chi connectivity index (χ1) is 15.0. The summed E-state index contributed by atoms with van der Waals surface area (Å²) < 4.78 is 18.6. The standard InChI is InChI=1S/C22H18N2O5S2/c1-12-4-8-14(9-5-12)31(28)16-11-23-22(30-16)24-18(13-6-7-13)17(20(26)21(24)27)19(25)15-3-2-10-29-15/h2-5,8-11,13,18,26H,6-7H2,1H3. The second kappa shape index (κ2) is 7.58. The fourth-order valence-electron chi connectivity index (χ4n) is 3.70. The lowest BCUT2D eigenvalue weighted by molar-refractivity contribution is -0.117. The molecule has 31 heavy (non-hydrogen) atoms. The third kappa shape index (κ3) is 3.43. The van der Waals surface area contributed by atoms with Crippen LogP contribution < -0.4 is 4.90 Å². The summed E-state index contributed by atoms with van der Waals surface area (Å²) in [6, 6.07) is 9.84. The molecule has 0 radical (unpaired) electrons. The lowest BCUT2D eigenvalue weighted by Crippen LogP contribution is -2.38. The molecule has 7 nitrogen and oxygen atoms in total. The van der Waals surface area contributed by atoms with Crippen LogP contribution in [0, 0.1) is 12.8 Å². The Kier molecular flexibility index (Phi) is 4.86. The minimum Gasteiger partial charge on any atom is -0.503 e. The number of aliphatic hydroxyl groups is 1. The van der Waals surface area contributed by atoms with Crippen molar-refractivity contribution in [2.75, 3.05) is 4.90 Å². The maximum absolute atomic E-state index is 13.0. The van der Waals surface area contributed by atoms with Crippen molar-refractivity contribution in [1.82, 2.24) is 4.98 Å². The van der Waals surface area contributed by atoms with Gasteiger partial charge in [0.25, 0.3) is 5.91 Å². The van der Waals surface area contributed by atoms with Crippen LogP contribution in [-0.2, 0) is 15.6 Å². The summed E-state index contributed by atoms with van der Waals surface area (Å²) >= 11 is 1.12. The van der Waals surface area contributed by atoms with E-state index in [4.69, 9.17) is 4.42 Å². The monoisotopic (exact) mass is 454 g/mol. The van der Waals surface area contributed by atoms with Gasteiger partial charge in [-0.05, 0) is 49.9 Å². The molecule has 2 aromatic heterocycles. The van der Waals surface area contributed by atoms with Crippen LogP contribution in [0.3, 0.4) is 0 Å². The van der Waals surface area contributed by atoms with E-state index in [2.05, 4.69) is 4.98 Å². The molecule has 0 saturated heterocycles. The fraction of sp³-hybridized carbons (Fsp3) is 0.227. The van der Waals surface area contributed by atoms with E-state index in [1.165, 1.54) is 23.4 Å². The maximum Gasteiger partial charge on any atom is 0.296 e. The number of ketones is 1. The quantitative estimate of drug-likeness (QED) is 0.565. The van der Waals surface area contributed by atoms with Gasteiger partial charge in [-0.25, -0.2) is 9.19 Å². The second-order valence-corrected chi connectivity index (χ2v) is 10.3. The average molecular weight is 455 g/mol. The van der Waals surface area contributed by atoms with Gasteiger partial charge in [0, 0.05) is 4.90 Å². The predicted octanol–water partition coefficient (Wildman–Crippen LogP) is 4.03. The highest BCUT2D eigenvalue weighted by molar-refractivity contribution is 7.87. The normalized spacial score (nSPS) is 19.8. The van der Waals surface area contributed by atoms with Gasteiger partial charge in [0.2, 0.25) is 5.78 Å². The zero-order valence-electron chi connectivity index (χ0n) is 16.5. The zero-order valence-corrected chi connectivity index (χ0v) is 18.1. The number of anilines is 1. The van der Waals surface area contributed by atoms with E-state index in [9.17, 15) is 18.9 Å². The third-order valence-electron chi connectivity index (χ3n) is 5.40. The summed E-state index contributed by atoms with van der Waals surface area (Å²) in [6.07, 6.45) is 4.53. The number of aliphatic hydroxyl groups excluding tert-OH is 1. The Morgan fingerprint density at radius 3 is 2.65 bits per heavy atom. The van der Waals surface area contributed by atoms with E-state index < -0.39 is 34.3 Å². The molecule has 1 N–H and O–H groups in total.